The molecule has 1 unspecified atom stereocenters. The van der Waals surface area contributed by atoms with E-state index in [4.69, 9.17) is 10.2 Å². The van der Waals surface area contributed by atoms with Crippen molar-refractivity contribution in [2.24, 2.45) is 0 Å². The Hall–Kier alpha value is -1.85. The number of rotatable bonds is 3. The predicted octanol–water partition coefficient (Wildman–Crippen LogP) is 0.227. The van der Waals surface area contributed by atoms with Gasteiger partial charge in [0.05, 0.1) is 0 Å². The van der Waals surface area contributed by atoms with Gasteiger partial charge in [0.25, 0.3) is 0 Å². The van der Waals surface area contributed by atoms with Crippen molar-refractivity contribution in [2.75, 3.05) is 0 Å². The number of aromatic nitrogens is 2. The summed E-state index contributed by atoms with van der Waals surface area (Å²) in [6.07, 6.45) is 1.25. The SMILES string of the molecule is CC(C(=O)O)n1nccc1C(=O)O. The fraction of sp³-hybridized carbons (Fsp3) is 0.286. The third-order valence-electron chi connectivity index (χ3n) is 1.61. The van der Waals surface area contributed by atoms with Gasteiger partial charge in [0, 0.05) is 6.20 Å². The Balaban J connectivity index is 3.07. The van der Waals surface area contributed by atoms with Crippen LogP contribution in [0.3, 0.4) is 0 Å². The van der Waals surface area contributed by atoms with Gasteiger partial charge in [0.1, 0.15) is 11.7 Å². The summed E-state index contributed by atoms with van der Waals surface area (Å²) in [6, 6.07) is 0.281. The molecule has 2 N–H and O–H groups in total. The summed E-state index contributed by atoms with van der Waals surface area (Å²) >= 11 is 0. The van der Waals surface area contributed by atoms with E-state index in [0.29, 0.717) is 0 Å². The highest BCUT2D eigenvalue weighted by atomic mass is 16.4. The molecule has 0 radical (unpaired) electrons. The zero-order chi connectivity index (χ0) is 10.0. The van der Waals surface area contributed by atoms with E-state index in [1.165, 1.54) is 19.2 Å². The Morgan fingerprint density at radius 3 is 2.62 bits per heavy atom. The number of aromatic carboxylic acids is 1. The van der Waals surface area contributed by atoms with Crippen molar-refractivity contribution in [3.63, 3.8) is 0 Å². The summed E-state index contributed by atoms with van der Waals surface area (Å²) in [4.78, 5) is 21.1. The molecule has 1 aromatic rings. The molecule has 1 aromatic heterocycles. The van der Waals surface area contributed by atoms with Crippen molar-refractivity contribution in [1.29, 1.82) is 0 Å². The van der Waals surface area contributed by atoms with Crippen LogP contribution in [0.1, 0.15) is 23.5 Å². The standard InChI is InChI=1S/C7H8N2O4/c1-4(6(10)11)9-5(7(12)13)2-3-8-9/h2-4H,1H3,(H,10,11)(H,12,13). The van der Waals surface area contributed by atoms with E-state index in [0.717, 1.165) is 4.68 Å². The molecule has 0 aromatic carbocycles. The number of aliphatic carboxylic acids is 1. The lowest BCUT2D eigenvalue weighted by atomic mass is 10.3. The smallest absolute Gasteiger partial charge is 0.354 e. The molecule has 13 heavy (non-hydrogen) atoms. The third-order valence-corrected chi connectivity index (χ3v) is 1.61. The van der Waals surface area contributed by atoms with E-state index in [1.54, 1.807) is 0 Å². The van der Waals surface area contributed by atoms with Crippen LogP contribution in [0.2, 0.25) is 0 Å². The molecule has 70 valence electrons. The molecule has 0 saturated heterocycles. The van der Waals surface area contributed by atoms with E-state index in [2.05, 4.69) is 5.10 Å². The fourth-order valence-corrected chi connectivity index (χ4v) is 0.897. The molecule has 0 amide bonds. The van der Waals surface area contributed by atoms with Gasteiger partial charge in [-0.3, -0.25) is 0 Å². The van der Waals surface area contributed by atoms with Gasteiger partial charge >= 0.3 is 11.9 Å². The molecule has 1 heterocycles. The highest BCUT2D eigenvalue weighted by molar-refractivity contribution is 5.86. The molecule has 0 aliphatic heterocycles. The Bertz CT molecular complexity index is 344. The Kier molecular flexibility index (Phi) is 2.32. The third kappa shape index (κ3) is 1.66. The number of carboxylic acids is 2. The lowest BCUT2D eigenvalue weighted by Crippen LogP contribution is -2.20. The highest BCUT2D eigenvalue weighted by Gasteiger charge is 2.19. The highest BCUT2D eigenvalue weighted by Crippen LogP contribution is 2.08. The minimum atomic E-state index is -1.19. The number of carboxylic acid groups (broad SMARTS) is 2. The van der Waals surface area contributed by atoms with Gasteiger partial charge in [-0.15, -0.1) is 0 Å². The summed E-state index contributed by atoms with van der Waals surface area (Å²) in [6.45, 7) is 1.36. The normalized spacial score (nSPS) is 12.4. The monoisotopic (exact) mass is 184 g/mol. The molecule has 1 rings (SSSR count). The first kappa shape index (κ1) is 9.24. The van der Waals surface area contributed by atoms with E-state index in [1.807, 2.05) is 0 Å². The molecule has 0 fully saturated rings. The minimum absolute atomic E-state index is 0.130. The van der Waals surface area contributed by atoms with Gasteiger partial charge in [-0.25, -0.2) is 14.3 Å². The van der Waals surface area contributed by atoms with E-state index in [-0.39, 0.29) is 5.69 Å². The zero-order valence-corrected chi connectivity index (χ0v) is 6.84. The first-order chi connectivity index (χ1) is 6.04. The summed E-state index contributed by atoms with van der Waals surface area (Å²) in [7, 11) is 0. The molecule has 0 saturated carbocycles. The summed E-state index contributed by atoms with van der Waals surface area (Å²) < 4.78 is 0.949. The summed E-state index contributed by atoms with van der Waals surface area (Å²) in [5.74, 6) is -2.31. The first-order valence-corrected chi connectivity index (χ1v) is 3.53. The molecule has 0 aliphatic carbocycles. The molecule has 0 bridgehead atoms. The summed E-state index contributed by atoms with van der Waals surface area (Å²) in [5, 5.41) is 20.9. The zero-order valence-electron chi connectivity index (χ0n) is 6.84. The van der Waals surface area contributed by atoms with Crippen molar-refractivity contribution in [3.05, 3.63) is 18.0 Å². The van der Waals surface area contributed by atoms with Crippen LogP contribution in [0.5, 0.6) is 0 Å². The molecule has 0 spiro atoms. The lowest BCUT2D eigenvalue weighted by Gasteiger charge is -2.08. The maximum atomic E-state index is 10.6. The van der Waals surface area contributed by atoms with Crippen LogP contribution in [0.25, 0.3) is 0 Å². The second kappa shape index (κ2) is 3.26. The quantitative estimate of drug-likeness (QED) is 0.701. The first-order valence-electron chi connectivity index (χ1n) is 3.53. The van der Waals surface area contributed by atoms with Crippen molar-refractivity contribution in [3.8, 4) is 0 Å². The predicted molar refractivity (Wildman–Crippen MR) is 41.5 cm³/mol. The number of carbonyl (C=O) groups is 2. The second-order valence-electron chi connectivity index (χ2n) is 2.48. The average Bonchev–Trinajstić information content (AvgIpc) is 2.50. The van der Waals surface area contributed by atoms with E-state index in [9.17, 15) is 9.59 Å². The van der Waals surface area contributed by atoms with Crippen molar-refractivity contribution < 1.29 is 19.8 Å². The van der Waals surface area contributed by atoms with Gasteiger partial charge in [-0.05, 0) is 13.0 Å². The van der Waals surface area contributed by atoms with Crippen molar-refractivity contribution in [1.82, 2.24) is 9.78 Å². The summed E-state index contributed by atoms with van der Waals surface area (Å²) in [5.41, 5.74) is -0.130. The van der Waals surface area contributed by atoms with Crippen LogP contribution in [0.15, 0.2) is 12.3 Å². The second-order valence-corrected chi connectivity index (χ2v) is 2.48. The Morgan fingerprint density at radius 2 is 2.15 bits per heavy atom. The Morgan fingerprint density at radius 1 is 1.54 bits per heavy atom. The largest absolute Gasteiger partial charge is 0.480 e. The van der Waals surface area contributed by atoms with Gasteiger partial charge in [-0.2, -0.15) is 5.10 Å². The van der Waals surface area contributed by atoms with Gasteiger partial charge < -0.3 is 10.2 Å². The average molecular weight is 184 g/mol. The minimum Gasteiger partial charge on any atom is -0.480 e. The molecule has 6 nitrogen and oxygen atoms in total. The van der Waals surface area contributed by atoms with Crippen LogP contribution < -0.4 is 0 Å². The van der Waals surface area contributed by atoms with Crippen molar-refractivity contribution >= 4 is 11.9 Å². The molecular weight excluding hydrogens is 176 g/mol. The maximum absolute atomic E-state index is 10.6. The van der Waals surface area contributed by atoms with E-state index < -0.39 is 18.0 Å². The van der Waals surface area contributed by atoms with Crippen LogP contribution >= 0.6 is 0 Å². The molecule has 1 atom stereocenters. The molecule has 6 heteroatoms. The van der Waals surface area contributed by atoms with Crippen LogP contribution in [-0.4, -0.2) is 31.9 Å². The Labute approximate surface area is 73.4 Å². The lowest BCUT2D eigenvalue weighted by molar-refractivity contribution is -0.140. The van der Waals surface area contributed by atoms with Crippen LogP contribution in [0, 0.1) is 0 Å². The van der Waals surface area contributed by atoms with Gasteiger partial charge in [0.15, 0.2) is 0 Å². The maximum Gasteiger partial charge on any atom is 0.354 e. The van der Waals surface area contributed by atoms with Crippen LogP contribution in [0.4, 0.5) is 0 Å². The topological polar surface area (TPSA) is 92.4 Å². The number of hydrogen-bond acceptors (Lipinski definition) is 3. The fourth-order valence-electron chi connectivity index (χ4n) is 0.897. The van der Waals surface area contributed by atoms with Crippen molar-refractivity contribution in [2.45, 2.75) is 13.0 Å². The van der Waals surface area contributed by atoms with Crippen LogP contribution in [-0.2, 0) is 4.79 Å². The molecular formula is C7H8N2O4. The molecule has 0 aliphatic rings. The van der Waals surface area contributed by atoms with Gasteiger partial charge in [0.2, 0.25) is 0 Å². The van der Waals surface area contributed by atoms with Gasteiger partial charge in [-0.1, -0.05) is 0 Å². The van der Waals surface area contributed by atoms with E-state index >= 15 is 0 Å². The number of hydrogen-bond donors (Lipinski definition) is 2. The number of nitrogens with zero attached hydrogens (tertiary/aromatic N) is 2.